The van der Waals surface area contributed by atoms with Crippen molar-refractivity contribution >= 4 is 28.9 Å². The van der Waals surface area contributed by atoms with Crippen LogP contribution in [0.15, 0.2) is 12.1 Å². The smallest absolute Gasteiger partial charge is 0.160 e. The van der Waals surface area contributed by atoms with Crippen LogP contribution in [0, 0.1) is 11.7 Å². The summed E-state index contributed by atoms with van der Waals surface area (Å²) in [6.07, 6.45) is 6.07. The Balaban J connectivity index is 2.05. The number of benzene rings is 1. The molecule has 2 rings (SSSR count). The van der Waals surface area contributed by atoms with E-state index < -0.39 is 5.82 Å². The molecule has 0 saturated heterocycles. The molecule has 2 unspecified atom stereocenters. The van der Waals surface area contributed by atoms with Crippen molar-refractivity contribution in [2.24, 2.45) is 5.92 Å². The van der Waals surface area contributed by atoms with Crippen molar-refractivity contribution in [2.45, 2.75) is 45.1 Å². The molecule has 1 aromatic rings. The number of hydrogen-bond acceptors (Lipinski definition) is 1. The lowest BCUT2D eigenvalue weighted by Gasteiger charge is -2.18. The molecule has 1 N–H and O–H groups in total. The molecule has 0 amide bonds. The van der Waals surface area contributed by atoms with E-state index in [0.717, 1.165) is 24.4 Å². The summed E-state index contributed by atoms with van der Waals surface area (Å²) in [4.78, 5) is 0. The minimum absolute atomic E-state index is 0.0759. The predicted octanol–water partition coefficient (Wildman–Crippen LogP) is 5.51. The molecule has 100 valence electrons. The van der Waals surface area contributed by atoms with Gasteiger partial charge in [-0.05, 0) is 37.3 Å². The van der Waals surface area contributed by atoms with E-state index in [4.69, 9.17) is 23.2 Å². The third-order valence-corrected chi connectivity index (χ3v) is 4.16. The Morgan fingerprint density at radius 2 is 1.78 bits per heavy atom. The van der Waals surface area contributed by atoms with Crippen LogP contribution in [-0.2, 0) is 0 Å². The van der Waals surface area contributed by atoms with Crippen molar-refractivity contribution < 1.29 is 4.39 Å². The third-order valence-electron chi connectivity index (χ3n) is 3.61. The van der Waals surface area contributed by atoms with Crippen molar-refractivity contribution in [3.8, 4) is 0 Å². The van der Waals surface area contributed by atoms with Crippen molar-refractivity contribution in [1.29, 1.82) is 0 Å². The van der Waals surface area contributed by atoms with E-state index in [-0.39, 0.29) is 10.0 Å². The second kappa shape index (κ2) is 6.12. The Kier molecular flexibility index (Phi) is 4.74. The molecule has 0 heterocycles. The normalized spacial score (nSPS) is 24.7. The first kappa shape index (κ1) is 14.0. The van der Waals surface area contributed by atoms with Crippen LogP contribution in [0.5, 0.6) is 0 Å². The van der Waals surface area contributed by atoms with Crippen molar-refractivity contribution in [1.82, 2.24) is 0 Å². The van der Waals surface area contributed by atoms with Gasteiger partial charge in [-0.15, -0.1) is 0 Å². The fraction of sp³-hybridized carbons (Fsp3) is 0.571. The average Bonchev–Trinajstić information content (AvgIpc) is 2.51. The van der Waals surface area contributed by atoms with E-state index in [1.54, 1.807) is 12.1 Å². The minimum Gasteiger partial charge on any atom is -0.382 e. The van der Waals surface area contributed by atoms with Crippen LogP contribution in [0.2, 0.25) is 10.0 Å². The third kappa shape index (κ3) is 3.52. The molecule has 2 atom stereocenters. The van der Waals surface area contributed by atoms with Gasteiger partial charge in [-0.2, -0.15) is 0 Å². The van der Waals surface area contributed by atoms with Crippen LogP contribution in [0.3, 0.4) is 0 Å². The topological polar surface area (TPSA) is 12.0 Å². The summed E-state index contributed by atoms with van der Waals surface area (Å²) in [5.41, 5.74) is 0.811. The maximum Gasteiger partial charge on any atom is 0.160 e. The van der Waals surface area contributed by atoms with Gasteiger partial charge < -0.3 is 5.32 Å². The van der Waals surface area contributed by atoms with Crippen molar-refractivity contribution in [2.75, 3.05) is 5.32 Å². The highest BCUT2D eigenvalue weighted by Crippen LogP contribution is 2.30. The maximum absolute atomic E-state index is 13.3. The highest BCUT2D eigenvalue weighted by atomic mass is 35.5. The molecule has 0 bridgehead atoms. The van der Waals surface area contributed by atoms with Gasteiger partial charge in [-0.1, -0.05) is 43.0 Å². The molecule has 1 nitrogen and oxygen atoms in total. The van der Waals surface area contributed by atoms with Gasteiger partial charge in [0, 0.05) is 11.7 Å². The van der Waals surface area contributed by atoms with E-state index in [2.05, 4.69) is 12.2 Å². The van der Waals surface area contributed by atoms with E-state index in [9.17, 15) is 4.39 Å². The average molecular weight is 290 g/mol. The zero-order valence-electron chi connectivity index (χ0n) is 10.5. The summed E-state index contributed by atoms with van der Waals surface area (Å²) >= 11 is 11.6. The number of nitrogens with one attached hydrogen (secondary N) is 1. The van der Waals surface area contributed by atoms with E-state index in [1.807, 2.05) is 0 Å². The van der Waals surface area contributed by atoms with Gasteiger partial charge in [0.25, 0.3) is 0 Å². The van der Waals surface area contributed by atoms with Crippen molar-refractivity contribution in [3.63, 3.8) is 0 Å². The largest absolute Gasteiger partial charge is 0.382 e. The fourth-order valence-corrected chi connectivity index (χ4v) is 2.99. The standard InChI is InChI=1S/C14H18Cl2FN/c1-9-3-2-4-10(6-5-9)18-11-7-12(15)14(17)13(16)8-11/h7-10,18H,2-6H2,1H3. The number of anilines is 1. The summed E-state index contributed by atoms with van der Waals surface area (Å²) in [5, 5.41) is 3.57. The molecule has 4 heteroatoms. The molecule has 1 fully saturated rings. The van der Waals surface area contributed by atoms with Gasteiger partial charge in [0.05, 0.1) is 10.0 Å². The Labute approximate surface area is 118 Å². The van der Waals surface area contributed by atoms with Gasteiger partial charge in [0.15, 0.2) is 5.82 Å². The highest BCUT2D eigenvalue weighted by molar-refractivity contribution is 6.35. The summed E-state index contributed by atoms with van der Waals surface area (Å²) in [6, 6.07) is 3.65. The molecule has 0 aliphatic heterocycles. The molecular formula is C14H18Cl2FN. The monoisotopic (exact) mass is 289 g/mol. The second-order valence-electron chi connectivity index (χ2n) is 5.21. The quantitative estimate of drug-likeness (QED) is 0.559. The van der Waals surface area contributed by atoms with E-state index in [1.165, 1.54) is 19.3 Å². The number of hydrogen-bond donors (Lipinski definition) is 1. The Hall–Kier alpha value is -0.470. The lowest BCUT2D eigenvalue weighted by Crippen LogP contribution is -2.18. The van der Waals surface area contributed by atoms with Gasteiger partial charge >= 0.3 is 0 Å². The summed E-state index contributed by atoms with van der Waals surface area (Å²) in [7, 11) is 0. The highest BCUT2D eigenvalue weighted by Gasteiger charge is 2.17. The molecule has 0 spiro atoms. The lowest BCUT2D eigenvalue weighted by molar-refractivity contribution is 0.502. The van der Waals surface area contributed by atoms with Crippen LogP contribution in [-0.4, -0.2) is 6.04 Å². The second-order valence-corrected chi connectivity index (χ2v) is 6.02. The van der Waals surface area contributed by atoms with Gasteiger partial charge in [-0.3, -0.25) is 0 Å². The molecule has 1 aliphatic rings. The van der Waals surface area contributed by atoms with Gasteiger partial charge in [0.1, 0.15) is 0 Å². The van der Waals surface area contributed by atoms with E-state index in [0.29, 0.717) is 6.04 Å². The Morgan fingerprint density at radius 1 is 1.11 bits per heavy atom. The van der Waals surface area contributed by atoms with Crippen LogP contribution in [0.25, 0.3) is 0 Å². The summed E-state index contributed by atoms with van der Waals surface area (Å²) in [6.45, 7) is 2.30. The number of halogens is 3. The molecule has 0 aromatic heterocycles. The first-order valence-electron chi connectivity index (χ1n) is 6.47. The summed E-state index contributed by atoms with van der Waals surface area (Å²) in [5.74, 6) is 0.260. The molecule has 18 heavy (non-hydrogen) atoms. The van der Waals surface area contributed by atoms with Crippen LogP contribution in [0.4, 0.5) is 10.1 Å². The lowest BCUT2D eigenvalue weighted by atomic mass is 10.0. The SMILES string of the molecule is CC1CCCC(Nc2cc(Cl)c(F)c(Cl)c2)CC1. The Morgan fingerprint density at radius 3 is 2.44 bits per heavy atom. The van der Waals surface area contributed by atoms with E-state index >= 15 is 0 Å². The predicted molar refractivity (Wildman–Crippen MR) is 76.1 cm³/mol. The molecule has 1 aromatic carbocycles. The Bertz CT molecular complexity index is 399. The minimum atomic E-state index is -0.543. The first-order valence-corrected chi connectivity index (χ1v) is 7.23. The zero-order chi connectivity index (χ0) is 13.1. The van der Waals surface area contributed by atoms with Gasteiger partial charge in [-0.25, -0.2) is 4.39 Å². The summed E-state index contributed by atoms with van der Waals surface area (Å²) < 4.78 is 13.3. The molecule has 0 radical (unpaired) electrons. The first-order chi connectivity index (χ1) is 8.56. The molecule has 1 aliphatic carbocycles. The van der Waals surface area contributed by atoms with Crippen molar-refractivity contribution in [3.05, 3.63) is 28.0 Å². The molecular weight excluding hydrogens is 272 g/mol. The fourth-order valence-electron chi connectivity index (χ4n) is 2.51. The molecule has 1 saturated carbocycles. The zero-order valence-corrected chi connectivity index (χ0v) is 12.0. The van der Waals surface area contributed by atoms with Gasteiger partial charge in [0.2, 0.25) is 0 Å². The van der Waals surface area contributed by atoms with Crippen LogP contribution in [0.1, 0.15) is 39.0 Å². The van der Waals surface area contributed by atoms with Crippen LogP contribution >= 0.6 is 23.2 Å². The van der Waals surface area contributed by atoms with Crippen LogP contribution < -0.4 is 5.32 Å². The number of rotatable bonds is 2. The maximum atomic E-state index is 13.3.